The second-order valence-electron chi connectivity index (χ2n) is 5.38. The molecule has 0 spiro atoms. The van der Waals surface area contributed by atoms with Gasteiger partial charge in [-0.25, -0.2) is 0 Å². The Morgan fingerprint density at radius 3 is 2.63 bits per heavy atom. The Kier molecular flexibility index (Phi) is 4.13. The van der Waals surface area contributed by atoms with Gasteiger partial charge in [-0.3, -0.25) is 9.58 Å². The van der Waals surface area contributed by atoms with Gasteiger partial charge in [0.05, 0.1) is 26.5 Å². The molecule has 1 saturated heterocycles. The van der Waals surface area contributed by atoms with Crippen LogP contribution in [0.2, 0.25) is 0 Å². The Hall–Kier alpha value is -1.11. The predicted molar refractivity (Wildman–Crippen MR) is 71.2 cm³/mol. The van der Waals surface area contributed by atoms with Crippen LogP contribution in [0.15, 0.2) is 6.20 Å². The summed E-state index contributed by atoms with van der Waals surface area (Å²) < 4.78 is 12.3. The lowest BCUT2D eigenvalue weighted by atomic mass is 9.91. The van der Waals surface area contributed by atoms with Crippen LogP contribution >= 0.6 is 0 Å². The molecule has 0 aliphatic carbocycles. The van der Waals surface area contributed by atoms with E-state index in [1.54, 1.807) is 18.0 Å². The Morgan fingerprint density at radius 1 is 1.42 bits per heavy atom. The minimum absolute atomic E-state index is 0.398. The molecule has 1 fully saturated rings. The second kappa shape index (κ2) is 5.48. The Bertz CT molecular complexity index is 425. The number of hydrogen-bond donors (Lipinski definition) is 1. The third kappa shape index (κ3) is 2.61. The van der Waals surface area contributed by atoms with Gasteiger partial charge in [-0.15, -0.1) is 0 Å². The molecule has 0 amide bonds. The third-order valence-corrected chi connectivity index (χ3v) is 3.92. The lowest BCUT2D eigenvalue weighted by Gasteiger charge is -2.43. The number of aliphatic hydroxyl groups is 1. The number of ether oxygens (including phenoxy) is 2. The van der Waals surface area contributed by atoms with Gasteiger partial charge in [0, 0.05) is 25.7 Å². The molecule has 6 nitrogen and oxygen atoms in total. The minimum atomic E-state index is -0.673. The van der Waals surface area contributed by atoms with Gasteiger partial charge in [0.15, 0.2) is 5.75 Å². The van der Waals surface area contributed by atoms with Gasteiger partial charge in [-0.2, -0.15) is 5.10 Å². The Balaban J connectivity index is 2.25. The van der Waals surface area contributed by atoms with Crippen LogP contribution in [0.25, 0.3) is 0 Å². The summed E-state index contributed by atoms with van der Waals surface area (Å²) in [5, 5.41) is 14.9. The van der Waals surface area contributed by atoms with E-state index in [4.69, 9.17) is 9.47 Å². The van der Waals surface area contributed by atoms with Gasteiger partial charge in [0.25, 0.3) is 0 Å². The quantitative estimate of drug-likeness (QED) is 0.866. The summed E-state index contributed by atoms with van der Waals surface area (Å²) in [5.41, 5.74) is 0.309. The molecule has 1 atom stereocenters. The lowest BCUT2D eigenvalue weighted by molar-refractivity contribution is -0.0658. The van der Waals surface area contributed by atoms with Crippen molar-refractivity contribution >= 4 is 0 Å². The normalized spacial score (nSPS) is 19.4. The monoisotopic (exact) mass is 269 g/mol. The zero-order valence-corrected chi connectivity index (χ0v) is 12.1. The molecular formula is C13H23N3O3. The second-order valence-corrected chi connectivity index (χ2v) is 5.38. The van der Waals surface area contributed by atoms with E-state index >= 15 is 0 Å². The van der Waals surface area contributed by atoms with E-state index in [0.717, 1.165) is 13.1 Å². The van der Waals surface area contributed by atoms with Gasteiger partial charge in [0.1, 0.15) is 11.8 Å². The zero-order chi connectivity index (χ0) is 14.0. The van der Waals surface area contributed by atoms with Gasteiger partial charge in [-0.05, 0) is 13.8 Å². The number of morpholine rings is 1. The predicted octanol–water partition coefficient (Wildman–Crippen LogP) is 0.573. The SMILES string of the molecule is COc1cnn(C)c1C(O)C(C)(C)N1CCOCC1. The molecule has 108 valence electrons. The number of methoxy groups -OCH3 is 1. The molecule has 0 aromatic carbocycles. The fourth-order valence-electron chi connectivity index (χ4n) is 2.54. The van der Waals surface area contributed by atoms with E-state index in [0.29, 0.717) is 24.7 Å². The lowest BCUT2D eigenvalue weighted by Crippen LogP contribution is -2.53. The highest BCUT2D eigenvalue weighted by molar-refractivity contribution is 5.29. The van der Waals surface area contributed by atoms with Crippen molar-refractivity contribution in [3.05, 3.63) is 11.9 Å². The average molecular weight is 269 g/mol. The summed E-state index contributed by atoms with van der Waals surface area (Å²) in [5.74, 6) is 0.622. The number of aryl methyl sites for hydroxylation is 1. The third-order valence-electron chi connectivity index (χ3n) is 3.92. The summed E-state index contributed by atoms with van der Waals surface area (Å²) in [6.45, 7) is 7.14. The minimum Gasteiger partial charge on any atom is -0.493 e. The zero-order valence-electron chi connectivity index (χ0n) is 12.1. The number of nitrogens with zero attached hydrogens (tertiary/aromatic N) is 3. The van der Waals surface area contributed by atoms with E-state index in [1.807, 2.05) is 20.9 Å². The van der Waals surface area contributed by atoms with Crippen molar-refractivity contribution in [3.8, 4) is 5.75 Å². The highest BCUT2D eigenvalue weighted by Gasteiger charge is 2.39. The van der Waals surface area contributed by atoms with Crippen LogP contribution < -0.4 is 4.74 Å². The van der Waals surface area contributed by atoms with E-state index in [-0.39, 0.29) is 0 Å². The summed E-state index contributed by atoms with van der Waals surface area (Å²) in [4.78, 5) is 2.24. The van der Waals surface area contributed by atoms with Crippen molar-refractivity contribution in [1.29, 1.82) is 0 Å². The van der Waals surface area contributed by atoms with Crippen molar-refractivity contribution in [2.24, 2.45) is 7.05 Å². The van der Waals surface area contributed by atoms with E-state index in [1.165, 1.54) is 0 Å². The first-order chi connectivity index (χ1) is 8.98. The van der Waals surface area contributed by atoms with Crippen LogP contribution in [0, 0.1) is 0 Å². The first-order valence-electron chi connectivity index (χ1n) is 6.55. The van der Waals surface area contributed by atoms with Crippen LogP contribution in [0.5, 0.6) is 5.75 Å². The number of rotatable bonds is 4. The summed E-state index contributed by atoms with van der Waals surface area (Å²) in [6.07, 6.45) is 0.960. The van der Waals surface area contributed by atoms with Crippen molar-refractivity contribution < 1.29 is 14.6 Å². The van der Waals surface area contributed by atoms with Gasteiger partial charge < -0.3 is 14.6 Å². The Morgan fingerprint density at radius 2 is 2.05 bits per heavy atom. The van der Waals surface area contributed by atoms with Crippen molar-refractivity contribution in [3.63, 3.8) is 0 Å². The fraction of sp³-hybridized carbons (Fsp3) is 0.769. The molecule has 1 unspecified atom stereocenters. The molecule has 0 radical (unpaired) electrons. The summed E-state index contributed by atoms with van der Waals surface area (Å²) in [7, 11) is 3.41. The first kappa shape index (κ1) is 14.3. The molecule has 2 heterocycles. The molecule has 0 bridgehead atoms. The van der Waals surface area contributed by atoms with Gasteiger partial charge in [-0.1, -0.05) is 0 Å². The van der Waals surface area contributed by atoms with Crippen LogP contribution in [-0.4, -0.2) is 58.7 Å². The molecule has 1 aliphatic heterocycles. The summed E-state index contributed by atoms with van der Waals surface area (Å²) >= 11 is 0. The number of aromatic nitrogens is 2. The van der Waals surface area contributed by atoms with Gasteiger partial charge >= 0.3 is 0 Å². The summed E-state index contributed by atoms with van der Waals surface area (Å²) in [6, 6.07) is 0. The smallest absolute Gasteiger partial charge is 0.162 e. The number of hydrogen-bond acceptors (Lipinski definition) is 5. The highest BCUT2D eigenvalue weighted by atomic mass is 16.5. The van der Waals surface area contributed by atoms with E-state index in [2.05, 4.69) is 10.00 Å². The van der Waals surface area contributed by atoms with Crippen LogP contribution in [-0.2, 0) is 11.8 Å². The topological polar surface area (TPSA) is 59.8 Å². The van der Waals surface area contributed by atoms with Gasteiger partial charge in [0.2, 0.25) is 0 Å². The van der Waals surface area contributed by atoms with E-state index in [9.17, 15) is 5.11 Å². The molecule has 1 aliphatic rings. The van der Waals surface area contributed by atoms with Crippen molar-refractivity contribution in [2.75, 3.05) is 33.4 Å². The van der Waals surface area contributed by atoms with Crippen molar-refractivity contribution in [2.45, 2.75) is 25.5 Å². The van der Waals surface area contributed by atoms with Crippen LogP contribution in [0.4, 0.5) is 0 Å². The first-order valence-corrected chi connectivity index (χ1v) is 6.55. The number of aliphatic hydroxyl groups excluding tert-OH is 1. The van der Waals surface area contributed by atoms with Crippen LogP contribution in [0.1, 0.15) is 25.6 Å². The molecule has 1 aromatic rings. The molecule has 2 rings (SSSR count). The van der Waals surface area contributed by atoms with Crippen LogP contribution in [0.3, 0.4) is 0 Å². The maximum atomic E-state index is 10.8. The molecule has 0 saturated carbocycles. The largest absolute Gasteiger partial charge is 0.493 e. The molecule has 19 heavy (non-hydrogen) atoms. The Labute approximate surface area is 113 Å². The standard InChI is InChI=1S/C13H23N3O3/c1-13(2,16-5-7-19-8-6-16)12(17)11-10(18-4)9-14-15(11)3/h9,12,17H,5-8H2,1-4H3. The maximum Gasteiger partial charge on any atom is 0.162 e. The molecular weight excluding hydrogens is 246 g/mol. The average Bonchev–Trinajstić information content (AvgIpc) is 2.79. The molecule has 6 heteroatoms. The molecule has 1 N–H and O–H groups in total. The van der Waals surface area contributed by atoms with Crippen molar-refractivity contribution in [1.82, 2.24) is 14.7 Å². The van der Waals surface area contributed by atoms with E-state index < -0.39 is 11.6 Å². The fourth-order valence-corrected chi connectivity index (χ4v) is 2.54. The highest BCUT2D eigenvalue weighted by Crippen LogP contribution is 2.35. The maximum absolute atomic E-state index is 10.8. The molecule has 1 aromatic heterocycles.